The summed E-state index contributed by atoms with van der Waals surface area (Å²) in [5, 5.41) is 4.54. The first-order valence-corrected chi connectivity index (χ1v) is 8.56. The quantitative estimate of drug-likeness (QED) is 0.740. The smallest absolute Gasteiger partial charge is 0.350 e. The minimum Gasteiger partial charge on any atom is -0.350 e. The Morgan fingerprint density at radius 3 is 2.80 bits per heavy atom. The van der Waals surface area contributed by atoms with Crippen molar-refractivity contribution in [3.05, 3.63) is 47.1 Å². The molecule has 0 aliphatic carbocycles. The van der Waals surface area contributed by atoms with Crippen LogP contribution < -0.4 is 5.32 Å². The standard InChI is InChI=1S/C17H16F3N3OS/c1-10(2)9-21-15(24)13-14(23-6-7-25-16(23)22-13)11-4-3-5-12(8-11)17(18,19)20/h3-8,10H,9H2,1-2H3,(H,21,24). The van der Waals surface area contributed by atoms with Gasteiger partial charge in [-0.2, -0.15) is 13.2 Å². The second-order valence-corrected chi connectivity index (χ2v) is 6.92. The van der Waals surface area contributed by atoms with E-state index in [-0.39, 0.29) is 11.6 Å². The molecule has 1 aromatic carbocycles. The lowest BCUT2D eigenvalue weighted by atomic mass is 10.1. The zero-order chi connectivity index (χ0) is 18.2. The van der Waals surface area contributed by atoms with Gasteiger partial charge in [-0.25, -0.2) is 4.98 Å². The number of aromatic nitrogens is 2. The predicted octanol–water partition coefficient (Wildman–Crippen LogP) is 4.47. The first-order chi connectivity index (χ1) is 11.8. The molecule has 0 fully saturated rings. The van der Waals surface area contributed by atoms with Crippen LogP contribution in [0.25, 0.3) is 16.2 Å². The molecule has 2 aromatic heterocycles. The van der Waals surface area contributed by atoms with Crippen LogP contribution in [0.15, 0.2) is 35.8 Å². The molecule has 0 spiro atoms. The van der Waals surface area contributed by atoms with Gasteiger partial charge < -0.3 is 5.32 Å². The van der Waals surface area contributed by atoms with E-state index in [2.05, 4.69) is 10.3 Å². The lowest BCUT2D eigenvalue weighted by Gasteiger charge is -2.10. The predicted molar refractivity (Wildman–Crippen MR) is 90.7 cm³/mol. The third-order valence-electron chi connectivity index (χ3n) is 3.61. The molecule has 0 aliphatic rings. The van der Waals surface area contributed by atoms with Gasteiger partial charge in [0.1, 0.15) is 0 Å². The van der Waals surface area contributed by atoms with Crippen molar-refractivity contribution < 1.29 is 18.0 Å². The number of hydrogen-bond donors (Lipinski definition) is 1. The second kappa shape index (κ2) is 6.51. The van der Waals surface area contributed by atoms with Gasteiger partial charge in [-0.1, -0.05) is 26.0 Å². The molecule has 0 unspecified atom stereocenters. The highest BCUT2D eigenvalue weighted by Gasteiger charge is 2.31. The number of nitrogens with one attached hydrogen (secondary N) is 1. The van der Waals surface area contributed by atoms with Gasteiger partial charge in [-0.15, -0.1) is 11.3 Å². The lowest BCUT2D eigenvalue weighted by molar-refractivity contribution is -0.137. The minimum absolute atomic E-state index is 0.131. The maximum Gasteiger partial charge on any atom is 0.416 e. The molecule has 1 N–H and O–H groups in total. The molecule has 4 nitrogen and oxygen atoms in total. The van der Waals surface area contributed by atoms with Gasteiger partial charge in [-0.3, -0.25) is 9.20 Å². The Morgan fingerprint density at radius 1 is 1.36 bits per heavy atom. The molecule has 0 radical (unpaired) electrons. The fraction of sp³-hybridized carbons (Fsp3) is 0.294. The average Bonchev–Trinajstić information content (AvgIpc) is 3.12. The fourth-order valence-electron chi connectivity index (χ4n) is 2.44. The van der Waals surface area contributed by atoms with E-state index in [0.717, 1.165) is 12.1 Å². The Balaban J connectivity index is 2.10. The van der Waals surface area contributed by atoms with Gasteiger partial charge in [0.15, 0.2) is 10.7 Å². The van der Waals surface area contributed by atoms with Crippen LogP contribution in [0.2, 0.25) is 0 Å². The normalized spacial score (nSPS) is 12.1. The van der Waals surface area contributed by atoms with Crippen LogP contribution in [0.1, 0.15) is 29.9 Å². The van der Waals surface area contributed by atoms with Crippen LogP contribution in [0.4, 0.5) is 13.2 Å². The van der Waals surface area contributed by atoms with E-state index >= 15 is 0 Å². The number of imidazole rings is 1. The number of fused-ring (bicyclic) bond motifs is 1. The third kappa shape index (κ3) is 3.53. The summed E-state index contributed by atoms with van der Waals surface area (Å²) in [6.07, 6.45) is -2.75. The maximum absolute atomic E-state index is 13.0. The molecule has 25 heavy (non-hydrogen) atoms. The zero-order valence-electron chi connectivity index (χ0n) is 13.6. The fourth-order valence-corrected chi connectivity index (χ4v) is 3.16. The number of halogens is 3. The summed E-state index contributed by atoms with van der Waals surface area (Å²) in [7, 11) is 0. The Bertz CT molecular complexity index is 911. The Hall–Kier alpha value is -2.35. The first-order valence-electron chi connectivity index (χ1n) is 7.68. The number of thiazole rings is 1. The van der Waals surface area contributed by atoms with Crippen molar-refractivity contribution in [2.45, 2.75) is 20.0 Å². The van der Waals surface area contributed by atoms with Crippen molar-refractivity contribution >= 4 is 22.2 Å². The van der Waals surface area contributed by atoms with Crippen LogP contribution in [-0.2, 0) is 6.18 Å². The van der Waals surface area contributed by atoms with Crippen molar-refractivity contribution in [1.29, 1.82) is 0 Å². The largest absolute Gasteiger partial charge is 0.416 e. The molecule has 0 saturated heterocycles. The van der Waals surface area contributed by atoms with Crippen LogP contribution >= 0.6 is 11.3 Å². The third-order valence-corrected chi connectivity index (χ3v) is 4.37. The van der Waals surface area contributed by atoms with Gasteiger partial charge in [-0.05, 0) is 18.1 Å². The molecule has 132 valence electrons. The van der Waals surface area contributed by atoms with Crippen LogP contribution in [0.3, 0.4) is 0 Å². The highest BCUT2D eigenvalue weighted by Crippen LogP contribution is 2.34. The number of nitrogens with zero attached hydrogens (tertiary/aromatic N) is 2. The first kappa shape index (κ1) is 17.5. The molecule has 3 rings (SSSR count). The summed E-state index contributed by atoms with van der Waals surface area (Å²) in [5.74, 6) is -0.137. The SMILES string of the molecule is CC(C)CNC(=O)c1nc2sccn2c1-c1cccc(C(F)(F)F)c1. The van der Waals surface area contributed by atoms with Crippen molar-refractivity contribution in [3.63, 3.8) is 0 Å². The number of carbonyl (C=O) groups excluding carboxylic acids is 1. The molecule has 0 atom stereocenters. The topological polar surface area (TPSA) is 46.4 Å². The number of hydrogen-bond acceptors (Lipinski definition) is 3. The van der Waals surface area contributed by atoms with E-state index in [9.17, 15) is 18.0 Å². The summed E-state index contributed by atoms with van der Waals surface area (Å²) in [4.78, 5) is 17.4. The molecule has 0 aliphatic heterocycles. The molecule has 3 aromatic rings. The second-order valence-electron chi connectivity index (χ2n) is 6.05. The molecule has 1 amide bonds. The highest BCUT2D eigenvalue weighted by atomic mass is 32.1. The van der Waals surface area contributed by atoms with Crippen molar-refractivity contribution in [2.75, 3.05) is 6.54 Å². The molecular formula is C17H16F3N3OS. The maximum atomic E-state index is 13.0. The molecule has 2 heterocycles. The van der Waals surface area contributed by atoms with E-state index in [1.54, 1.807) is 22.0 Å². The monoisotopic (exact) mass is 367 g/mol. The van der Waals surface area contributed by atoms with Gasteiger partial charge in [0, 0.05) is 23.7 Å². The summed E-state index contributed by atoms with van der Waals surface area (Å²) in [5.41, 5.74) is 0.0366. The Morgan fingerprint density at radius 2 is 2.12 bits per heavy atom. The number of benzene rings is 1. The molecule has 0 saturated carbocycles. The van der Waals surface area contributed by atoms with E-state index < -0.39 is 17.6 Å². The van der Waals surface area contributed by atoms with Gasteiger partial charge >= 0.3 is 6.18 Å². The Labute approximate surface area is 146 Å². The van der Waals surface area contributed by atoms with E-state index in [4.69, 9.17) is 0 Å². The van der Waals surface area contributed by atoms with Crippen LogP contribution in [0, 0.1) is 5.92 Å². The summed E-state index contributed by atoms with van der Waals surface area (Å²) in [6.45, 7) is 4.38. The molecule has 8 heteroatoms. The Kier molecular flexibility index (Phi) is 4.55. The number of rotatable bonds is 4. The van der Waals surface area contributed by atoms with Gasteiger partial charge in [0.2, 0.25) is 0 Å². The number of alkyl halides is 3. The zero-order valence-corrected chi connectivity index (χ0v) is 14.4. The summed E-state index contributed by atoms with van der Waals surface area (Å²) in [6, 6.07) is 4.93. The molecule has 0 bridgehead atoms. The minimum atomic E-state index is -4.45. The summed E-state index contributed by atoms with van der Waals surface area (Å²) < 4.78 is 40.7. The number of amides is 1. The van der Waals surface area contributed by atoms with E-state index in [1.807, 2.05) is 13.8 Å². The average molecular weight is 367 g/mol. The lowest BCUT2D eigenvalue weighted by Crippen LogP contribution is -2.28. The van der Waals surface area contributed by atoms with Crippen molar-refractivity contribution in [3.8, 4) is 11.3 Å². The van der Waals surface area contributed by atoms with Gasteiger partial charge in [0.25, 0.3) is 5.91 Å². The van der Waals surface area contributed by atoms with E-state index in [0.29, 0.717) is 22.8 Å². The summed E-state index contributed by atoms with van der Waals surface area (Å²) >= 11 is 1.32. The van der Waals surface area contributed by atoms with Crippen LogP contribution in [-0.4, -0.2) is 21.8 Å². The van der Waals surface area contributed by atoms with Crippen molar-refractivity contribution in [1.82, 2.24) is 14.7 Å². The van der Waals surface area contributed by atoms with Crippen LogP contribution in [0.5, 0.6) is 0 Å². The highest BCUT2D eigenvalue weighted by molar-refractivity contribution is 7.15. The van der Waals surface area contributed by atoms with E-state index in [1.165, 1.54) is 17.4 Å². The van der Waals surface area contributed by atoms with Crippen molar-refractivity contribution in [2.24, 2.45) is 5.92 Å². The molecular weight excluding hydrogens is 351 g/mol. The van der Waals surface area contributed by atoms with Gasteiger partial charge in [0.05, 0.1) is 11.3 Å². The number of carbonyl (C=O) groups is 1.